The van der Waals surface area contributed by atoms with Crippen molar-refractivity contribution >= 4 is 17.9 Å². The van der Waals surface area contributed by atoms with Crippen LogP contribution < -0.4 is 9.64 Å². The van der Waals surface area contributed by atoms with Crippen LogP contribution in [0.25, 0.3) is 0 Å². The molecule has 0 saturated carbocycles. The van der Waals surface area contributed by atoms with Gasteiger partial charge in [-0.1, -0.05) is 12.1 Å². The fourth-order valence-electron chi connectivity index (χ4n) is 1.78. The van der Waals surface area contributed by atoms with Gasteiger partial charge < -0.3 is 9.53 Å². The zero-order valence-corrected chi connectivity index (χ0v) is 9.27. The van der Waals surface area contributed by atoms with Crippen LogP contribution in [0.1, 0.15) is 13.8 Å². The van der Waals surface area contributed by atoms with Crippen molar-refractivity contribution < 1.29 is 14.3 Å². The number of ether oxygens (including phenoxy) is 1. The summed E-state index contributed by atoms with van der Waals surface area (Å²) in [5.41, 5.74) is -0.267. The van der Waals surface area contributed by atoms with Gasteiger partial charge in [-0.3, -0.25) is 9.69 Å². The molecule has 0 spiro atoms. The summed E-state index contributed by atoms with van der Waals surface area (Å²) in [6, 6.07) is 7.21. The normalized spacial score (nSPS) is 17.6. The van der Waals surface area contributed by atoms with Crippen LogP contribution in [0, 0.1) is 0 Å². The number of carbonyl (C=O) groups excluding carboxylic acids is 2. The standard InChI is InChI=1S/C12H13NO3/c1-12(2)11(15)13(7-8-14)9-5-3-4-6-10(9)16-12/h3-6,8H,7H2,1-2H3. The van der Waals surface area contributed by atoms with Crippen molar-refractivity contribution in [1.82, 2.24) is 0 Å². The summed E-state index contributed by atoms with van der Waals surface area (Å²) < 4.78 is 5.60. The first kappa shape index (κ1) is 10.7. The molecule has 0 unspecified atom stereocenters. The molecule has 0 fully saturated rings. The molecule has 1 aliphatic heterocycles. The van der Waals surface area contributed by atoms with E-state index >= 15 is 0 Å². The molecule has 1 amide bonds. The predicted octanol–water partition coefficient (Wildman–Crippen LogP) is 1.39. The average molecular weight is 219 g/mol. The number of amides is 1. The number of anilines is 1. The number of benzene rings is 1. The summed E-state index contributed by atoms with van der Waals surface area (Å²) in [4.78, 5) is 24.1. The minimum atomic E-state index is -0.919. The molecular weight excluding hydrogens is 206 g/mol. The fourth-order valence-corrected chi connectivity index (χ4v) is 1.78. The number of fused-ring (bicyclic) bond motifs is 1. The van der Waals surface area contributed by atoms with E-state index in [9.17, 15) is 9.59 Å². The van der Waals surface area contributed by atoms with E-state index < -0.39 is 5.60 Å². The second-order valence-corrected chi connectivity index (χ2v) is 4.16. The topological polar surface area (TPSA) is 46.6 Å². The highest BCUT2D eigenvalue weighted by Crippen LogP contribution is 2.36. The summed E-state index contributed by atoms with van der Waals surface area (Å²) in [6.45, 7) is 3.45. The van der Waals surface area contributed by atoms with Crippen LogP contribution in [0.2, 0.25) is 0 Å². The molecule has 0 radical (unpaired) electrons. The van der Waals surface area contributed by atoms with Gasteiger partial charge in [0.25, 0.3) is 5.91 Å². The maximum Gasteiger partial charge on any atom is 0.271 e. The minimum Gasteiger partial charge on any atom is -0.476 e. The van der Waals surface area contributed by atoms with Crippen LogP contribution in [0.15, 0.2) is 24.3 Å². The van der Waals surface area contributed by atoms with Gasteiger partial charge >= 0.3 is 0 Å². The lowest BCUT2D eigenvalue weighted by atomic mass is 10.0. The zero-order chi connectivity index (χ0) is 11.8. The van der Waals surface area contributed by atoms with Crippen molar-refractivity contribution in [3.8, 4) is 5.75 Å². The lowest BCUT2D eigenvalue weighted by Crippen LogP contribution is -2.53. The van der Waals surface area contributed by atoms with Crippen LogP contribution in [0.3, 0.4) is 0 Å². The average Bonchev–Trinajstić information content (AvgIpc) is 2.24. The first-order valence-electron chi connectivity index (χ1n) is 5.10. The van der Waals surface area contributed by atoms with Crippen LogP contribution in [-0.4, -0.2) is 24.3 Å². The summed E-state index contributed by atoms with van der Waals surface area (Å²) in [7, 11) is 0. The Morgan fingerprint density at radius 3 is 2.75 bits per heavy atom. The molecule has 16 heavy (non-hydrogen) atoms. The highest BCUT2D eigenvalue weighted by Gasteiger charge is 2.40. The molecule has 1 heterocycles. The Balaban J connectivity index is 2.50. The number of hydrogen-bond donors (Lipinski definition) is 0. The van der Waals surface area contributed by atoms with E-state index in [1.165, 1.54) is 4.90 Å². The molecule has 4 nitrogen and oxygen atoms in total. The molecular formula is C12H13NO3. The predicted molar refractivity (Wildman–Crippen MR) is 59.6 cm³/mol. The first-order chi connectivity index (χ1) is 7.56. The zero-order valence-electron chi connectivity index (χ0n) is 9.27. The molecule has 0 aliphatic carbocycles. The molecule has 0 saturated heterocycles. The Labute approximate surface area is 93.8 Å². The molecule has 0 N–H and O–H groups in total. The molecule has 1 aliphatic rings. The van der Waals surface area contributed by atoms with E-state index in [4.69, 9.17) is 4.74 Å². The second kappa shape index (κ2) is 3.63. The molecule has 1 aromatic rings. The Hall–Kier alpha value is -1.84. The Bertz CT molecular complexity index is 440. The minimum absolute atomic E-state index is 0.0582. The van der Waals surface area contributed by atoms with Crippen molar-refractivity contribution in [1.29, 1.82) is 0 Å². The van der Waals surface area contributed by atoms with Gasteiger partial charge in [0.1, 0.15) is 12.0 Å². The smallest absolute Gasteiger partial charge is 0.271 e. The summed E-state index contributed by atoms with van der Waals surface area (Å²) in [5.74, 6) is 0.437. The fraction of sp³-hybridized carbons (Fsp3) is 0.333. The van der Waals surface area contributed by atoms with Gasteiger partial charge in [-0.25, -0.2) is 0 Å². The largest absolute Gasteiger partial charge is 0.476 e. The molecule has 1 aromatic carbocycles. The molecule has 4 heteroatoms. The molecule has 84 valence electrons. The van der Waals surface area contributed by atoms with Gasteiger partial charge in [-0.2, -0.15) is 0 Å². The van der Waals surface area contributed by atoms with E-state index in [0.29, 0.717) is 11.4 Å². The molecule has 0 atom stereocenters. The number of rotatable bonds is 2. The van der Waals surface area contributed by atoms with E-state index in [0.717, 1.165) is 6.29 Å². The third kappa shape index (κ3) is 1.56. The van der Waals surface area contributed by atoms with Crippen LogP contribution in [0.5, 0.6) is 5.75 Å². The Kier molecular flexibility index (Phi) is 2.42. The molecule has 0 aromatic heterocycles. The van der Waals surface area contributed by atoms with Crippen molar-refractivity contribution in [2.45, 2.75) is 19.4 Å². The van der Waals surface area contributed by atoms with E-state index in [1.807, 2.05) is 12.1 Å². The number of aldehydes is 1. The van der Waals surface area contributed by atoms with E-state index in [-0.39, 0.29) is 12.5 Å². The highest BCUT2D eigenvalue weighted by atomic mass is 16.5. The monoisotopic (exact) mass is 219 g/mol. The number of carbonyl (C=O) groups is 2. The number of nitrogens with zero attached hydrogens (tertiary/aromatic N) is 1. The van der Waals surface area contributed by atoms with Crippen molar-refractivity contribution in [2.75, 3.05) is 11.4 Å². The van der Waals surface area contributed by atoms with Gasteiger partial charge in [-0.05, 0) is 26.0 Å². The maximum absolute atomic E-state index is 12.0. The summed E-state index contributed by atoms with van der Waals surface area (Å²) in [5, 5.41) is 0. The maximum atomic E-state index is 12.0. The van der Waals surface area contributed by atoms with Crippen LogP contribution >= 0.6 is 0 Å². The summed E-state index contributed by atoms with van der Waals surface area (Å²) >= 11 is 0. The molecule has 0 bridgehead atoms. The number of hydrogen-bond acceptors (Lipinski definition) is 3. The van der Waals surface area contributed by atoms with Crippen LogP contribution in [-0.2, 0) is 9.59 Å². The number of para-hydroxylation sites is 2. The Morgan fingerprint density at radius 1 is 1.38 bits per heavy atom. The van der Waals surface area contributed by atoms with Crippen molar-refractivity contribution in [3.63, 3.8) is 0 Å². The van der Waals surface area contributed by atoms with Gasteiger partial charge in [0.15, 0.2) is 5.60 Å². The van der Waals surface area contributed by atoms with E-state index in [2.05, 4.69) is 0 Å². The van der Waals surface area contributed by atoms with Crippen LogP contribution in [0.4, 0.5) is 5.69 Å². The highest BCUT2D eigenvalue weighted by molar-refractivity contribution is 6.04. The lowest BCUT2D eigenvalue weighted by molar-refractivity contribution is -0.133. The van der Waals surface area contributed by atoms with Crippen molar-refractivity contribution in [3.05, 3.63) is 24.3 Å². The van der Waals surface area contributed by atoms with E-state index in [1.54, 1.807) is 26.0 Å². The first-order valence-corrected chi connectivity index (χ1v) is 5.10. The van der Waals surface area contributed by atoms with Gasteiger partial charge in [0.05, 0.1) is 12.2 Å². The summed E-state index contributed by atoms with van der Waals surface area (Å²) in [6.07, 6.45) is 0.718. The van der Waals surface area contributed by atoms with Gasteiger partial charge in [0, 0.05) is 0 Å². The SMILES string of the molecule is CC1(C)Oc2ccccc2N(CC=O)C1=O. The van der Waals surface area contributed by atoms with Crippen molar-refractivity contribution in [2.24, 2.45) is 0 Å². The third-order valence-corrected chi connectivity index (χ3v) is 2.54. The third-order valence-electron chi connectivity index (χ3n) is 2.54. The van der Waals surface area contributed by atoms with Gasteiger partial charge in [0.2, 0.25) is 0 Å². The van der Waals surface area contributed by atoms with Gasteiger partial charge in [-0.15, -0.1) is 0 Å². The quantitative estimate of drug-likeness (QED) is 0.706. The Morgan fingerprint density at radius 2 is 2.06 bits per heavy atom. The second-order valence-electron chi connectivity index (χ2n) is 4.16. The lowest BCUT2D eigenvalue weighted by Gasteiger charge is -2.37. The molecule has 2 rings (SSSR count).